The number of phenols is 1. The molecule has 0 aliphatic carbocycles. The number of carbonyl (C=O) groups excluding carboxylic acids is 1. The number of anilines is 1. The average molecular weight is 337 g/mol. The molecule has 1 aliphatic heterocycles. The minimum atomic E-state index is -0.317. The first kappa shape index (κ1) is 15.1. The van der Waals surface area contributed by atoms with Crippen LogP contribution in [0.2, 0.25) is 0 Å². The number of H-pyrrole nitrogens is 1. The number of aromatic amines is 1. The van der Waals surface area contributed by atoms with Gasteiger partial charge in [0.2, 0.25) is 5.91 Å². The van der Waals surface area contributed by atoms with Gasteiger partial charge in [-0.2, -0.15) is 14.9 Å². The predicted octanol–water partition coefficient (Wildman–Crippen LogP) is 1.44. The summed E-state index contributed by atoms with van der Waals surface area (Å²) in [5.74, 6) is 0.721. The smallest absolute Gasteiger partial charge is 0.264 e. The minimum absolute atomic E-state index is 0.147. The topological polar surface area (TPSA) is 113 Å². The molecule has 0 bridgehead atoms. The van der Waals surface area contributed by atoms with E-state index >= 15 is 0 Å². The number of phenolic OH excluding ortho intramolecular Hbond substituents is 1. The van der Waals surface area contributed by atoms with Crippen LogP contribution in [0.1, 0.15) is 29.2 Å². The van der Waals surface area contributed by atoms with Crippen LogP contribution in [0, 0.1) is 6.92 Å². The van der Waals surface area contributed by atoms with E-state index in [1.54, 1.807) is 18.2 Å². The van der Waals surface area contributed by atoms with Gasteiger partial charge in [0, 0.05) is 24.0 Å². The third kappa shape index (κ3) is 2.57. The molecule has 2 aromatic heterocycles. The highest BCUT2D eigenvalue weighted by molar-refractivity contribution is 5.95. The summed E-state index contributed by atoms with van der Waals surface area (Å²) in [4.78, 5) is 23.5. The fourth-order valence-corrected chi connectivity index (χ4v) is 3.19. The molecule has 0 saturated heterocycles. The third-order valence-corrected chi connectivity index (χ3v) is 4.26. The molecule has 1 atom stereocenters. The molecule has 0 saturated carbocycles. The first-order valence-electron chi connectivity index (χ1n) is 7.77. The van der Waals surface area contributed by atoms with Gasteiger partial charge in [-0.15, -0.1) is 0 Å². The number of aromatic nitrogens is 4. The number of amides is 1. The highest BCUT2D eigenvalue weighted by Crippen LogP contribution is 2.40. The van der Waals surface area contributed by atoms with Gasteiger partial charge in [-0.25, -0.2) is 5.10 Å². The lowest BCUT2D eigenvalue weighted by Crippen LogP contribution is -2.25. The molecule has 1 aromatic carbocycles. The van der Waals surface area contributed by atoms with Gasteiger partial charge in [0.05, 0.1) is 5.69 Å². The molecule has 3 N–H and O–H groups in total. The molecule has 25 heavy (non-hydrogen) atoms. The van der Waals surface area contributed by atoms with E-state index in [-0.39, 0.29) is 29.6 Å². The zero-order valence-electron chi connectivity index (χ0n) is 13.4. The summed E-state index contributed by atoms with van der Waals surface area (Å²) in [7, 11) is 0. The molecule has 3 aromatic rings. The van der Waals surface area contributed by atoms with Crippen LogP contribution in [0.25, 0.3) is 5.82 Å². The maximum atomic E-state index is 12.2. The van der Waals surface area contributed by atoms with Crippen molar-refractivity contribution >= 4 is 11.7 Å². The molecule has 0 fully saturated rings. The van der Waals surface area contributed by atoms with Gasteiger partial charge < -0.3 is 10.4 Å². The molecule has 1 unspecified atom stereocenters. The second kappa shape index (κ2) is 5.59. The van der Waals surface area contributed by atoms with Crippen LogP contribution in [0.4, 0.5) is 5.82 Å². The Bertz CT molecular complexity index is 1020. The Balaban J connectivity index is 1.89. The Labute approximate surface area is 142 Å². The van der Waals surface area contributed by atoms with Crippen molar-refractivity contribution in [3.05, 3.63) is 63.6 Å². The van der Waals surface area contributed by atoms with Crippen LogP contribution in [0.3, 0.4) is 0 Å². The van der Waals surface area contributed by atoms with Crippen LogP contribution in [0.5, 0.6) is 5.75 Å². The SMILES string of the molecule is Cc1nn(-c2ccc(=O)[nH]n2)c2c1C(c1cccc(O)c1)CC(=O)N2. The van der Waals surface area contributed by atoms with Gasteiger partial charge in [-0.05, 0) is 30.7 Å². The van der Waals surface area contributed by atoms with Crippen molar-refractivity contribution in [2.75, 3.05) is 5.32 Å². The first-order chi connectivity index (χ1) is 12.0. The van der Waals surface area contributed by atoms with Gasteiger partial charge in [0.1, 0.15) is 11.6 Å². The number of hydrogen-bond acceptors (Lipinski definition) is 5. The van der Waals surface area contributed by atoms with Crippen LogP contribution in [-0.4, -0.2) is 31.0 Å². The van der Waals surface area contributed by atoms with Gasteiger partial charge in [0.25, 0.3) is 5.56 Å². The summed E-state index contributed by atoms with van der Waals surface area (Å²) < 4.78 is 1.51. The van der Waals surface area contributed by atoms with Gasteiger partial charge in [0.15, 0.2) is 5.82 Å². The largest absolute Gasteiger partial charge is 0.508 e. The Kier molecular flexibility index (Phi) is 3.38. The highest BCUT2D eigenvalue weighted by atomic mass is 16.3. The Morgan fingerprint density at radius 3 is 2.80 bits per heavy atom. The number of hydrogen-bond donors (Lipinski definition) is 3. The summed E-state index contributed by atoms with van der Waals surface area (Å²) in [5.41, 5.74) is 2.14. The second-order valence-corrected chi connectivity index (χ2v) is 5.94. The quantitative estimate of drug-likeness (QED) is 0.655. The lowest BCUT2D eigenvalue weighted by Gasteiger charge is -2.24. The van der Waals surface area contributed by atoms with E-state index < -0.39 is 0 Å². The first-order valence-corrected chi connectivity index (χ1v) is 7.77. The van der Waals surface area contributed by atoms with E-state index in [1.807, 2.05) is 13.0 Å². The molecule has 0 spiro atoms. The fraction of sp³-hybridized carbons (Fsp3) is 0.176. The standard InChI is InChI=1S/C17H15N5O3/c1-9-16-12(10-3-2-4-11(23)7-10)8-15(25)18-17(16)22(21-9)13-5-6-14(24)20-19-13/h2-7,12,23H,8H2,1H3,(H,18,25)(H,20,24). The van der Waals surface area contributed by atoms with Crippen molar-refractivity contribution in [1.82, 2.24) is 20.0 Å². The van der Waals surface area contributed by atoms with Gasteiger partial charge in [-0.1, -0.05) is 12.1 Å². The number of carbonyl (C=O) groups is 1. The molecular formula is C17H15N5O3. The second-order valence-electron chi connectivity index (χ2n) is 5.94. The minimum Gasteiger partial charge on any atom is -0.508 e. The van der Waals surface area contributed by atoms with Crippen LogP contribution in [0.15, 0.2) is 41.2 Å². The van der Waals surface area contributed by atoms with E-state index in [1.165, 1.54) is 16.8 Å². The van der Waals surface area contributed by atoms with Crippen LogP contribution < -0.4 is 10.9 Å². The molecule has 8 nitrogen and oxygen atoms in total. The van der Waals surface area contributed by atoms with E-state index in [2.05, 4.69) is 20.6 Å². The van der Waals surface area contributed by atoms with E-state index in [0.29, 0.717) is 11.6 Å². The van der Waals surface area contributed by atoms with E-state index in [4.69, 9.17) is 0 Å². The van der Waals surface area contributed by atoms with Crippen molar-refractivity contribution in [2.45, 2.75) is 19.3 Å². The maximum absolute atomic E-state index is 12.2. The molecule has 3 heterocycles. The van der Waals surface area contributed by atoms with Crippen LogP contribution >= 0.6 is 0 Å². The fourth-order valence-electron chi connectivity index (χ4n) is 3.19. The lowest BCUT2D eigenvalue weighted by molar-refractivity contribution is -0.116. The van der Waals surface area contributed by atoms with Crippen molar-refractivity contribution in [3.8, 4) is 11.6 Å². The number of nitrogens with zero attached hydrogens (tertiary/aromatic N) is 3. The number of aryl methyl sites for hydroxylation is 1. The zero-order valence-corrected chi connectivity index (χ0v) is 13.4. The monoisotopic (exact) mass is 337 g/mol. The highest BCUT2D eigenvalue weighted by Gasteiger charge is 2.33. The van der Waals surface area contributed by atoms with E-state index in [0.717, 1.165) is 16.8 Å². The lowest BCUT2D eigenvalue weighted by atomic mass is 9.86. The van der Waals surface area contributed by atoms with Crippen molar-refractivity contribution < 1.29 is 9.90 Å². The van der Waals surface area contributed by atoms with Gasteiger partial charge in [-0.3, -0.25) is 9.59 Å². The molecule has 1 amide bonds. The predicted molar refractivity (Wildman–Crippen MR) is 89.9 cm³/mol. The summed E-state index contributed by atoms with van der Waals surface area (Å²) in [5, 5.41) is 23.4. The summed E-state index contributed by atoms with van der Waals surface area (Å²) in [6, 6.07) is 9.76. The Hall–Kier alpha value is -3.42. The molecule has 1 aliphatic rings. The third-order valence-electron chi connectivity index (χ3n) is 4.26. The van der Waals surface area contributed by atoms with E-state index in [9.17, 15) is 14.7 Å². The summed E-state index contributed by atoms with van der Waals surface area (Å²) >= 11 is 0. The number of benzene rings is 1. The molecular weight excluding hydrogens is 322 g/mol. The average Bonchev–Trinajstić information content (AvgIpc) is 2.91. The number of rotatable bonds is 2. The molecule has 8 heteroatoms. The van der Waals surface area contributed by atoms with Crippen molar-refractivity contribution in [2.24, 2.45) is 0 Å². The number of fused-ring (bicyclic) bond motifs is 1. The molecule has 0 radical (unpaired) electrons. The number of nitrogens with one attached hydrogen (secondary N) is 2. The van der Waals surface area contributed by atoms with Crippen LogP contribution in [-0.2, 0) is 4.79 Å². The number of aromatic hydroxyl groups is 1. The summed E-state index contributed by atoms with van der Waals surface area (Å²) in [6.07, 6.45) is 0.266. The molecule has 4 rings (SSSR count). The molecule has 126 valence electrons. The summed E-state index contributed by atoms with van der Waals surface area (Å²) in [6.45, 7) is 1.86. The van der Waals surface area contributed by atoms with Gasteiger partial charge >= 0.3 is 0 Å². The normalized spacial score (nSPS) is 16.4. The Morgan fingerprint density at radius 2 is 2.08 bits per heavy atom. The van der Waals surface area contributed by atoms with Crippen molar-refractivity contribution in [3.63, 3.8) is 0 Å². The Morgan fingerprint density at radius 1 is 1.24 bits per heavy atom. The maximum Gasteiger partial charge on any atom is 0.264 e. The van der Waals surface area contributed by atoms with Crippen molar-refractivity contribution in [1.29, 1.82) is 0 Å². The zero-order chi connectivity index (χ0) is 17.6.